The highest BCUT2D eigenvalue weighted by molar-refractivity contribution is 5.68. The number of hydrogen-bond donors (Lipinski definition) is 0. The normalized spacial score (nSPS) is 26.8. The monoisotopic (exact) mass is 332 g/mol. The van der Waals surface area contributed by atoms with Gasteiger partial charge in [-0.2, -0.15) is 0 Å². The van der Waals surface area contributed by atoms with E-state index in [0.717, 1.165) is 6.92 Å². The van der Waals surface area contributed by atoms with Crippen LogP contribution in [-0.4, -0.2) is 55.1 Å². The lowest BCUT2D eigenvalue weighted by Crippen LogP contribution is -2.54. The van der Waals surface area contributed by atoms with Crippen molar-refractivity contribution in [3.8, 4) is 0 Å². The van der Waals surface area contributed by atoms with Crippen LogP contribution >= 0.6 is 0 Å². The second-order valence-corrected chi connectivity index (χ2v) is 5.00. The minimum Gasteiger partial charge on any atom is -0.463 e. The summed E-state index contributed by atoms with van der Waals surface area (Å²) in [4.78, 5) is 44.6. The molecule has 1 saturated heterocycles. The first-order valence-corrected chi connectivity index (χ1v) is 6.99. The fraction of sp³-hybridized carbons (Fsp3) is 0.714. The third-order valence-corrected chi connectivity index (χ3v) is 2.83. The summed E-state index contributed by atoms with van der Waals surface area (Å²) in [5, 5.41) is 0. The summed E-state index contributed by atoms with van der Waals surface area (Å²) in [6, 6.07) is 0. The Bertz CT molecular complexity index is 447. The molecule has 1 heterocycles. The quantitative estimate of drug-likeness (QED) is 0.510. The van der Waals surface area contributed by atoms with E-state index in [1.165, 1.54) is 20.8 Å². The van der Waals surface area contributed by atoms with Gasteiger partial charge in [-0.3, -0.25) is 19.2 Å². The van der Waals surface area contributed by atoms with Gasteiger partial charge in [-0.25, -0.2) is 0 Å². The topological polar surface area (TPSA) is 114 Å². The zero-order chi connectivity index (χ0) is 17.6. The highest BCUT2D eigenvalue weighted by atomic mass is 16.7. The van der Waals surface area contributed by atoms with E-state index in [1.54, 1.807) is 0 Å². The Balaban J connectivity index is 2.92. The maximum Gasteiger partial charge on any atom is 0.305 e. The molecule has 0 aromatic rings. The molecule has 0 N–H and O–H groups in total. The number of esters is 4. The van der Waals surface area contributed by atoms with Crippen molar-refractivity contribution >= 4 is 23.9 Å². The number of rotatable bonds is 5. The van der Waals surface area contributed by atoms with Crippen LogP contribution in [0.1, 0.15) is 34.1 Å². The van der Waals surface area contributed by atoms with Gasteiger partial charge in [-0.1, -0.05) is 0 Å². The lowest BCUT2D eigenvalue weighted by atomic mass is 10.0. The van der Waals surface area contributed by atoms with Crippen molar-refractivity contribution in [2.45, 2.75) is 58.7 Å². The molecule has 9 nitrogen and oxygen atoms in total. The summed E-state index contributed by atoms with van der Waals surface area (Å²) in [6.45, 7) is 4.64. The highest BCUT2D eigenvalue weighted by Gasteiger charge is 2.45. The largest absolute Gasteiger partial charge is 0.463 e. The van der Waals surface area contributed by atoms with Gasteiger partial charge in [0.15, 0.2) is 0 Å². The zero-order valence-corrected chi connectivity index (χ0v) is 13.4. The van der Waals surface area contributed by atoms with Crippen LogP contribution in [0.5, 0.6) is 0 Å². The Labute approximate surface area is 133 Å². The molecule has 1 aliphatic heterocycles. The molecule has 130 valence electrons. The van der Waals surface area contributed by atoms with E-state index in [1.807, 2.05) is 0 Å². The SMILES string of the molecule is CC(=O)OC[C@@H]1C[C@H](OC(C)=O)[C@@H](OC(C)=O)C(OC(C)=O)O1. The number of carbonyl (C=O) groups excluding carboxylic acids is 4. The summed E-state index contributed by atoms with van der Waals surface area (Å²) in [5.74, 6) is -2.42. The molecule has 0 amide bonds. The Morgan fingerprint density at radius 1 is 0.870 bits per heavy atom. The molecule has 0 saturated carbocycles. The van der Waals surface area contributed by atoms with E-state index in [4.69, 9.17) is 23.7 Å². The standard InChI is InChI=1S/C14H20O9/c1-7(15)19-6-11-5-12(20-8(2)16)13(21-9(3)17)14(23-11)22-10(4)18/h11-14H,5-6H2,1-4H3/t11-,12-,13+,14?/m0/s1. The Morgan fingerprint density at radius 3 is 1.91 bits per heavy atom. The van der Waals surface area contributed by atoms with E-state index < -0.39 is 48.5 Å². The van der Waals surface area contributed by atoms with E-state index >= 15 is 0 Å². The first kappa shape index (κ1) is 18.9. The summed E-state index contributed by atoms with van der Waals surface area (Å²) < 4.78 is 25.5. The van der Waals surface area contributed by atoms with Crippen LogP contribution in [-0.2, 0) is 42.9 Å². The van der Waals surface area contributed by atoms with Crippen LogP contribution in [0.3, 0.4) is 0 Å². The van der Waals surface area contributed by atoms with Crippen molar-refractivity contribution in [2.75, 3.05) is 6.61 Å². The van der Waals surface area contributed by atoms with Gasteiger partial charge >= 0.3 is 23.9 Å². The van der Waals surface area contributed by atoms with Gasteiger partial charge in [0.05, 0.1) is 6.10 Å². The van der Waals surface area contributed by atoms with Crippen molar-refractivity contribution in [3.05, 3.63) is 0 Å². The smallest absolute Gasteiger partial charge is 0.305 e. The maximum absolute atomic E-state index is 11.2. The molecule has 0 aliphatic carbocycles. The van der Waals surface area contributed by atoms with E-state index in [-0.39, 0.29) is 13.0 Å². The molecule has 0 radical (unpaired) electrons. The van der Waals surface area contributed by atoms with Crippen LogP contribution in [0.25, 0.3) is 0 Å². The molecule has 1 fully saturated rings. The van der Waals surface area contributed by atoms with Crippen LogP contribution in [0, 0.1) is 0 Å². The van der Waals surface area contributed by atoms with Crippen LogP contribution in [0.2, 0.25) is 0 Å². The first-order valence-electron chi connectivity index (χ1n) is 6.99. The number of hydrogen-bond acceptors (Lipinski definition) is 9. The Morgan fingerprint density at radius 2 is 1.43 bits per heavy atom. The van der Waals surface area contributed by atoms with Gasteiger partial charge in [0.25, 0.3) is 0 Å². The lowest BCUT2D eigenvalue weighted by molar-refractivity contribution is -0.271. The third kappa shape index (κ3) is 6.64. The average molecular weight is 332 g/mol. The maximum atomic E-state index is 11.2. The minimum absolute atomic E-state index is 0.113. The Hall–Kier alpha value is -2.16. The predicted molar refractivity (Wildman–Crippen MR) is 72.8 cm³/mol. The zero-order valence-electron chi connectivity index (χ0n) is 13.4. The molecule has 1 unspecified atom stereocenters. The molecule has 1 rings (SSSR count). The summed E-state index contributed by atoms with van der Waals surface area (Å²) in [7, 11) is 0. The van der Waals surface area contributed by atoms with Gasteiger partial charge < -0.3 is 23.7 Å². The molecule has 0 aromatic carbocycles. The first-order chi connectivity index (χ1) is 10.7. The third-order valence-electron chi connectivity index (χ3n) is 2.83. The van der Waals surface area contributed by atoms with Gasteiger partial charge in [0.2, 0.25) is 12.4 Å². The molecule has 1 aliphatic rings. The molecule has 0 spiro atoms. The van der Waals surface area contributed by atoms with Crippen molar-refractivity contribution < 1.29 is 42.9 Å². The van der Waals surface area contributed by atoms with Gasteiger partial charge in [-0.15, -0.1) is 0 Å². The molecular weight excluding hydrogens is 312 g/mol. The molecule has 4 atom stereocenters. The average Bonchev–Trinajstić information content (AvgIpc) is 2.38. The van der Waals surface area contributed by atoms with Crippen LogP contribution in [0.4, 0.5) is 0 Å². The molecule has 23 heavy (non-hydrogen) atoms. The highest BCUT2D eigenvalue weighted by Crippen LogP contribution is 2.27. The van der Waals surface area contributed by atoms with E-state index in [0.29, 0.717) is 0 Å². The molecular formula is C14H20O9. The predicted octanol–water partition coefficient (Wildman–Crippen LogP) is 0.0910. The van der Waals surface area contributed by atoms with Crippen molar-refractivity contribution in [2.24, 2.45) is 0 Å². The van der Waals surface area contributed by atoms with Crippen molar-refractivity contribution in [1.29, 1.82) is 0 Å². The second-order valence-electron chi connectivity index (χ2n) is 5.00. The van der Waals surface area contributed by atoms with Crippen LogP contribution < -0.4 is 0 Å². The molecule has 9 heteroatoms. The lowest BCUT2D eigenvalue weighted by Gasteiger charge is -2.39. The van der Waals surface area contributed by atoms with Gasteiger partial charge in [-0.05, 0) is 0 Å². The van der Waals surface area contributed by atoms with Crippen molar-refractivity contribution in [3.63, 3.8) is 0 Å². The van der Waals surface area contributed by atoms with E-state index in [2.05, 4.69) is 0 Å². The molecule has 0 bridgehead atoms. The Kier molecular flexibility index (Phi) is 6.95. The van der Waals surface area contributed by atoms with Crippen molar-refractivity contribution in [1.82, 2.24) is 0 Å². The number of ether oxygens (including phenoxy) is 5. The number of carbonyl (C=O) groups is 4. The summed E-state index contributed by atoms with van der Waals surface area (Å²) >= 11 is 0. The van der Waals surface area contributed by atoms with E-state index in [9.17, 15) is 19.2 Å². The van der Waals surface area contributed by atoms with Crippen LogP contribution in [0.15, 0.2) is 0 Å². The summed E-state index contributed by atoms with van der Waals surface area (Å²) in [5.41, 5.74) is 0. The van der Waals surface area contributed by atoms with Gasteiger partial charge in [0, 0.05) is 34.1 Å². The summed E-state index contributed by atoms with van der Waals surface area (Å²) in [6.07, 6.45) is -3.83. The fourth-order valence-electron chi connectivity index (χ4n) is 2.12. The second kappa shape index (κ2) is 8.47. The molecule has 0 aromatic heterocycles. The minimum atomic E-state index is -1.27. The van der Waals surface area contributed by atoms with Gasteiger partial charge in [0.1, 0.15) is 12.7 Å². The fourth-order valence-corrected chi connectivity index (χ4v) is 2.12.